The summed E-state index contributed by atoms with van der Waals surface area (Å²) in [6.07, 6.45) is 1.65. The molecule has 0 fully saturated rings. The number of aromatic nitrogens is 2. The Balaban J connectivity index is 2.84. The van der Waals surface area contributed by atoms with Crippen molar-refractivity contribution >= 4 is 27.4 Å². The van der Waals surface area contributed by atoms with Gasteiger partial charge in [0.25, 0.3) is 0 Å². The van der Waals surface area contributed by atoms with E-state index in [1.54, 1.807) is 6.92 Å². The molecule has 0 amide bonds. The maximum atomic E-state index is 13.2. The highest BCUT2D eigenvalue weighted by atomic mass is 79.9. The van der Waals surface area contributed by atoms with Crippen LogP contribution < -0.4 is 0 Å². The van der Waals surface area contributed by atoms with Crippen LogP contribution in [0.15, 0.2) is 16.7 Å². The second kappa shape index (κ2) is 3.86. The number of rotatable bonds is 2. The van der Waals surface area contributed by atoms with Gasteiger partial charge in [0.15, 0.2) is 5.82 Å². The van der Waals surface area contributed by atoms with Crippen LogP contribution in [0.25, 0.3) is 5.52 Å². The van der Waals surface area contributed by atoms with Crippen molar-refractivity contribution in [1.82, 2.24) is 9.61 Å². The lowest BCUT2D eigenvalue weighted by Gasteiger charge is -1.97. The molecule has 0 atom stereocenters. The van der Waals surface area contributed by atoms with Gasteiger partial charge in [0.2, 0.25) is 0 Å². The molecule has 16 heavy (non-hydrogen) atoms. The van der Waals surface area contributed by atoms with Crippen LogP contribution in [0.4, 0.5) is 4.39 Å². The maximum absolute atomic E-state index is 13.2. The molecule has 0 radical (unpaired) electrons. The fourth-order valence-corrected chi connectivity index (χ4v) is 1.89. The molecule has 2 aromatic heterocycles. The highest BCUT2D eigenvalue weighted by Gasteiger charge is 2.18. The number of hydrogen-bond acceptors (Lipinski definition) is 2. The van der Waals surface area contributed by atoms with E-state index in [9.17, 15) is 9.18 Å². The van der Waals surface area contributed by atoms with E-state index in [0.717, 1.165) is 6.20 Å². The van der Waals surface area contributed by atoms with Gasteiger partial charge in [0, 0.05) is 0 Å². The number of carbonyl (C=O) groups is 1. The van der Waals surface area contributed by atoms with Crippen molar-refractivity contribution in [2.24, 2.45) is 0 Å². The lowest BCUT2D eigenvalue weighted by Crippen LogP contribution is -1.99. The zero-order valence-electron chi connectivity index (χ0n) is 8.37. The van der Waals surface area contributed by atoms with Gasteiger partial charge in [-0.3, -0.25) is 0 Å². The SMILES string of the molecule is CCc1nn2cc(F)c(Br)cc2c1C(=O)O. The quantitative estimate of drug-likeness (QED) is 0.923. The average molecular weight is 287 g/mol. The molecule has 0 saturated heterocycles. The predicted octanol–water partition coefficient (Wildman–Crippen LogP) is 2.50. The fraction of sp³-hybridized carbons (Fsp3) is 0.200. The zero-order chi connectivity index (χ0) is 11.9. The summed E-state index contributed by atoms with van der Waals surface area (Å²) in [7, 11) is 0. The third kappa shape index (κ3) is 1.59. The van der Waals surface area contributed by atoms with Crippen molar-refractivity contribution in [2.45, 2.75) is 13.3 Å². The summed E-state index contributed by atoms with van der Waals surface area (Å²) < 4.78 is 14.7. The number of aromatic carboxylic acids is 1. The molecule has 0 aliphatic rings. The van der Waals surface area contributed by atoms with Crippen LogP contribution in [0.5, 0.6) is 0 Å². The van der Waals surface area contributed by atoms with Crippen molar-refractivity contribution in [3.05, 3.63) is 33.8 Å². The number of carboxylic acid groups (broad SMARTS) is 1. The number of carboxylic acids is 1. The van der Waals surface area contributed by atoms with Gasteiger partial charge >= 0.3 is 5.97 Å². The predicted molar refractivity (Wildman–Crippen MR) is 59.2 cm³/mol. The molecule has 0 unspecified atom stereocenters. The summed E-state index contributed by atoms with van der Waals surface area (Å²) in [4.78, 5) is 11.1. The second-order valence-electron chi connectivity index (χ2n) is 3.28. The average Bonchev–Trinajstić information content (AvgIpc) is 2.56. The van der Waals surface area contributed by atoms with Gasteiger partial charge in [-0.05, 0) is 28.4 Å². The monoisotopic (exact) mass is 286 g/mol. The summed E-state index contributed by atoms with van der Waals surface area (Å²) in [5.41, 5.74) is 0.964. The van der Waals surface area contributed by atoms with Crippen LogP contribution in [0.1, 0.15) is 23.0 Å². The molecule has 2 heterocycles. The Kier molecular flexibility index (Phi) is 2.67. The van der Waals surface area contributed by atoms with Crippen LogP contribution in [0, 0.1) is 5.82 Å². The van der Waals surface area contributed by atoms with E-state index in [-0.39, 0.29) is 10.0 Å². The highest BCUT2D eigenvalue weighted by molar-refractivity contribution is 9.10. The number of pyridine rings is 1. The molecule has 0 spiro atoms. The molecule has 0 aromatic carbocycles. The topological polar surface area (TPSA) is 54.6 Å². The van der Waals surface area contributed by atoms with Crippen molar-refractivity contribution in [1.29, 1.82) is 0 Å². The minimum Gasteiger partial charge on any atom is -0.478 e. The van der Waals surface area contributed by atoms with E-state index in [1.807, 2.05) is 0 Å². The van der Waals surface area contributed by atoms with E-state index in [2.05, 4.69) is 21.0 Å². The first kappa shape index (κ1) is 11.1. The van der Waals surface area contributed by atoms with Crippen molar-refractivity contribution in [3.63, 3.8) is 0 Å². The number of fused-ring (bicyclic) bond motifs is 1. The minimum absolute atomic E-state index is 0.128. The Bertz CT molecular complexity index is 580. The van der Waals surface area contributed by atoms with E-state index in [4.69, 9.17) is 5.11 Å². The number of nitrogens with zero attached hydrogens (tertiary/aromatic N) is 2. The first-order valence-electron chi connectivity index (χ1n) is 4.64. The summed E-state index contributed by atoms with van der Waals surface area (Å²) >= 11 is 3.02. The molecule has 4 nitrogen and oxygen atoms in total. The largest absolute Gasteiger partial charge is 0.478 e. The van der Waals surface area contributed by atoms with Crippen molar-refractivity contribution < 1.29 is 14.3 Å². The van der Waals surface area contributed by atoms with Gasteiger partial charge in [-0.1, -0.05) is 6.92 Å². The zero-order valence-corrected chi connectivity index (χ0v) is 9.95. The molecular weight excluding hydrogens is 279 g/mol. The Labute approximate surface area is 98.8 Å². The van der Waals surface area contributed by atoms with Gasteiger partial charge in [0.1, 0.15) is 5.56 Å². The molecule has 0 bridgehead atoms. The molecule has 0 saturated carbocycles. The lowest BCUT2D eigenvalue weighted by molar-refractivity contribution is 0.0698. The smallest absolute Gasteiger partial charge is 0.339 e. The van der Waals surface area contributed by atoms with Gasteiger partial charge in [0.05, 0.1) is 21.9 Å². The molecule has 2 aromatic rings. The second-order valence-corrected chi connectivity index (χ2v) is 4.13. The molecule has 2 rings (SSSR count). The summed E-state index contributed by atoms with van der Waals surface area (Å²) in [5.74, 6) is -1.53. The van der Waals surface area contributed by atoms with Crippen LogP contribution in [-0.2, 0) is 6.42 Å². The van der Waals surface area contributed by atoms with Gasteiger partial charge < -0.3 is 5.11 Å². The van der Waals surface area contributed by atoms with Crippen LogP contribution in [0.3, 0.4) is 0 Å². The number of hydrogen-bond donors (Lipinski definition) is 1. The third-order valence-corrected chi connectivity index (χ3v) is 2.90. The molecular formula is C10H8BrFN2O2. The standard InChI is InChI=1S/C10H8BrFN2O2/c1-2-7-9(10(15)16)8-3-5(11)6(12)4-14(8)13-7/h3-4H,2H2,1H3,(H,15,16). The minimum atomic E-state index is -1.05. The van der Waals surface area contributed by atoms with E-state index in [1.165, 1.54) is 10.6 Å². The van der Waals surface area contributed by atoms with Crippen molar-refractivity contribution in [2.75, 3.05) is 0 Å². The Morgan fingerprint density at radius 2 is 2.38 bits per heavy atom. The Morgan fingerprint density at radius 1 is 1.69 bits per heavy atom. The summed E-state index contributed by atoms with van der Waals surface area (Å²) in [5, 5.41) is 13.1. The van der Waals surface area contributed by atoms with Gasteiger partial charge in [-0.2, -0.15) is 5.10 Å². The van der Waals surface area contributed by atoms with Crippen molar-refractivity contribution in [3.8, 4) is 0 Å². The Hall–Kier alpha value is -1.43. The number of halogens is 2. The molecule has 84 valence electrons. The molecule has 6 heteroatoms. The van der Waals surface area contributed by atoms with E-state index < -0.39 is 11.8 Å². The summed E-state index contributed by atoms with van der Waals surface area (Å²) in [6, 6.07) is 1.42. The van der Waals surface area contributed by atoms with Gasteiger partial charge in [-0.25, -0.2) is 13.7 Å². The van der Waals surface area contributed by atoms with Crippen LogP contribution >= 0.6 is 15.9 Å². The third-order valence-electron chi connectivity index (χ3n) is 2.30. The van der Waals surface area contributed by atoms with E-state index in [0.29, 0.717) is 17.6 Å². The van der Waals surface area contributed by atoms with Gasteiger partial charge in [-0.15, -0.1) is 0 Å². The first-order chi connectivity index (χ1) is 7.54. The molecule has 0 aliphatic heterocycles. The fourth-order valence-electron chi connectivity index (χ4n) is 1.57. The highest BCUT2D eigenvalue weighted by Crippen LogP contribution is 2.22. The maximum Gasteiger partial charge on any atom is 0.339 e. The molecule has 1 N–H and O–H groups in total. The summed E-state index contributed by atoms with van der Waals surface area (Å²) in [6.45, 7) is 1.81. The molecule has 0 aliphatic carbocycles. The van der Waals surface area contributed by atoms with E-state index >= 15 is 0 Å². The first-order valence-corrected chi connectivity index (χ1v) is 5.43. The normalized spacial score (nSPS) is 10.9. The number of aryl methyl sites for hydroxylation is 1. The van der Waals surface area contributed by atoms with Crippen LogP contribution in [0.2, 0.25) is 0 Å². The van der Waals surface area contributed by atoms with Crippen LogP contribution in [-0.4, -0.2) is 20.7 Å². The lowest BCUT2D eigenvalue weighted by atomic mass is 10.1. The Morgan fingerprint density at radius 3 is 2.94 bits per heavy atom.